The predicted molar refractivity (Wildman–Crippen MR) is 119 cm³/mol. The Morgan fingerprint density at radius 3 is 2.10 bits per heavy atom. The lowest BCUT2D eigenvalue weighted by Gasteiger charge is -2.34. The first-order chi connectivity index (χ1) is 15.1. The minimum absolute atomic E-state index is 0.160. The Kier molecular flexibility index (Phi) is 6.20. The van der Waals surface area contributed by atoms with Gasteiger partial charge in [-0.3, -0.25) is 14.5 Å². The molecule has 0 bridgehead atoms. The first kappa shape index (κ1) is 21.3. The van der Waals surface area contributed by atoms with Crippen LogP contribution in [0.1, 0.15) is 34.5 Å². The largest absolute Gasteiger partial charge is 0.468 e. The molecule has 0 aliphatic carbocycles. The van der Waals surface area contributed by atoms with Gasteiger partial charge in [0.05, 0.1) is 20.3 Å². The van der Waals surface area contributed by atoms with E-state index < -0.39 is 23.4 Å². The van der Waals surface area contributed by atoms with E-state index in [1.165, 1.54) is 25.6 Å². The van der Waals surface area contributed by atoms with Gasteiger partial charge in [-0.05, 0) is 29.0 Å². The minimum Gasteiger partial charge on any atom is -0.468 e. The van der Waals surface area contributed by atoms with Gasteiger partial charge in [0, 0.05) is 17.5 Å². The van der Waals surface area contributed by atoms with Crippen molar-refractivity contribution in [3.8, 4) is 0 Å². The number of carbonyl (C=O) groups excluding carboxylic acids is 2. The van der Waals surface area contributed by atoms with Crippen LogP contribution >= 0.6 is 11.3 Å². The van der Waals surface area contributed by atoms with Gasteiger partial charge in [0.15, 0.2) is 5.41 Å². The van der Waals surface area contributed by atoms with Crippen molar-refractivity contribution in [2.45, 2.75) is 25.0 Å². The molecule has 0 radical (unpaired) electrons. The third kappa shape index (κ3) is 3.77. The summed E-state index contributed by atoms with van der Waals surface area (Å²) < 4.78 is 10.4. The predicted octanol–water partition coefficient (Wildman–Crippen LogP) is 4.77. The summed E-state index contributed by atoms with van der Waals surface area (Å²) in [6.07, 6.45) is 0.283. The van der Waals surface area contributed by atoms with Crippen LogP contribution in [-0.4, -0.2) is 31.1 Å². The maximum Gasteiger partial charge on any atom is 0.325 e. The average molecular weight is 436 g/mol. The molecule has 6 heteroatoms. The van der Waals surface area contributed by atoms with Crippen molar-refractivity contribution in [3.05, 3.63) is 94.2 Å². The van der Waals surface area contributed by atoms with E-state index in [0.717, 1.165) is 16.0 Å². The number of rotatable bonds is 6. The third-order valence-electron chi connectivity index (χ3n) is 6.02. The van der Waals surface area contributed by atoms with Gasteiger partial charge in [0.25, 0.3) is 0 Å². The quantitative estimate of drug-likeness (QED) is 0.412. The fourth-order valence-electron chi connectivity index (χ4n) is 4.67. The fraction of sp³-hybridized carbons (Fsp3) is 0.280. The lowest BCUT2D eigenvalue weighted by Crippen LogP contribution is -2.45. The molecule has 2 heterocycles. The number of hydrogen-bond donors (Lipinski definition) is 0. The molecular weight excluding hydrogens is 410 g/mol. The van der Waals surface area contributed by atoms with Crippen LogP contribution in [-0.2, 0) is 25.6 Å². The smallest absolute Gasteiger partial charge is 0.325 e. The molecule has 0 amide bonds. The normalized spacial score (nSPS) is 20.3. The number of nitrogens with zero attached hydrogens (tertiary/aromatic N) is 1. The molecule has 1 fully saturated rings. The molecule has 3 aromatic rings. The topological polar surface area (TPSA) is 55.8 Å². The molecule has 0 spiro atoms. The highest BCUT2D eigenvalue weighted by Gasteiger charge is 2.64. The first-order valence-corrected chi connectivity index (χ1v) is 11.0. The van der Waals surface area contributed by atoms with Crippen molar-refractivity contribution in [2.24, 2.45) is 5.41 Å². The second-order valence-corrected chi connectivity index (χ2v) is 8.64. The molecule has 1 saturated heterocycles. The van der Waals surface area contributed by atoms with Gasteiger partial charge in [0.2, 0.25) is 0 Å². The first-order valence-electron chi connectivity index (χ1n) is 10.2. The summed E-state index contributed by atoms with van der Waals surface area (Å²) in [4.78, 5) is 29.7. The molecule has 0 N–H and O–H groups in total. The molecule has 4 rings (SSSR count). The summed E-state index contributed by atoms with van der Waals surface area (Å²) in [7, 11) is 2.66. The summed E-state index contributed by atoms with van der Waals surface area (Å²) in [6, 6.07) is 23.3. The Morgan fingerprint density at radius 2 is 1.55 bits per heavy atom. The van der Waals surface area contributed by atoms with E-state index in [0.29, 0.717) is 6.54 Å². The number of ether oxygens (including phenoxy) is 2. The van der Waals surface area contributed by atoms with E-state index >= 15 is 0 Å². The zero-order valence-corrected chi connectivity index (χ0v) is 18.4. The summed E-state index contributed by atoms with van der Waals surface area (Å²) in [5.74, 6) is -1.12. The van der Waals surface area contributed by atoms with E-state index in [2.05, 4.69) is 17.0 Å². The van der Waals surface area contributed by atoms with Crippen LogP contribution in [0.4, 0.5) is 0 Å². The van der Waals surface area contributed by atoms with Crippen LogP contribution in [0.2, 0.25) is 0 Å². The summed E-state index contributed by atoms with van der Waals surface area (Å²) in [6.45, 7) is 0.582. The monoisotopic (exact) mass is 435 g/mol. The van der Waals surface area contributed by atoms with Crippen molar-refractivity contribution in [1.82, 2.24) is 4.90 Å². The van der Waals surface area contributed by atoms with Gasteiger partial charge in [-0.1, -0.05) is 66.7 Å². The molecule has 5 nitrogen and oxygen atoms in total. The molecule has 0 saturated carbocycles. The van der Waals surface area contributed by atoms with Gasteiger partial charge >= 0.3 is 11.9 Å². The second kappa shape index (κ2) is 9.04. The molecule has 2 atom stereocenters. The van der Waals surface area contributed by atoms with Crippen LogP contribution in [0, 0.1) is 5.41 Å². The van der Waals surface area contributed by atoms with E-state index in [1.807, 2.05) is 66.0 Å². The van der Waals surface area contributed by atoms with Crippen LogP contribution in [0.25, 0.3) is 0 Å². The summed E-state index contributed by atoms with van der Waals surface area (Å²) in [5, 5.41) is 1.96. The van der Waals surface area contributed by atoms with E-state index in [4.69, 9.17) is 9.47 Å². The molecular formula is C25H25NO4S. The summed E-state index contributed by atoms with van der Waals surface area (Å²) >= 11 is 1.53. The number of likely N-dealkylation sites (tertiary alicyclic amines) is 1. The third-order valence-corrected chi connectivity index (χ3v) is 6.94. The van der Waals surface area contributed by atoms with Crippen LogP contribution < -0.4 is 0 Å². The van der Waals surface area contributed by atoms with Gasteiger partial charge in [-0.2, -0.15) is 0 Å². The van der Waals surface area contributed by atoms with Crippen LogP contribution in [0.3, 0.4) is 0 Å². The maximum absolute atomic E-state index is 13.3. The zero-order chi connectivity index (χ0) is 21.8. The lowest BCUT2D eigenvalue weighted by molar-refractivity contribution is -0.171. The Bertz CT molecular complexity index is 1000. The van der Waals surface area contributed by atoms with Crippen molar-refractivity contribution >= 4 is 23.3 Å². The molecule has 2 aromatic carbocycles. The molecule has 1 aromatic heterocycles. The lowest BCUT2D eigenvalue weighted by atomic mass is 9.77. The number of thiophene rings is 1. The van der Waals surface area contributed by atoms with Gasteiger partial charge < -0.3 is 9.47 Å². The van der Waals surface area contributed by atoms with Crippen molar-refractivity contribution in [3.63, 3.8) is 0 Å². The molecule has 160 valence electrons. The highest BCUT2D eigenvalue weighted by atomic mass is 32.1. The zero-order valence-electron chi connectivity index (χ0n) is 17.6. The van der Waals surface area contributed by atoms with Crippen molar-refractivity contribution in [1.29, 1.82) is 0 Å². The second-order valence-electron chi connectivity index (χ2n) is 7.66. The minimum atomic E-state index is -1.45. The molecule has 0 unspecified atom stereocenters. The summed E-state index contributed by atoms with van der Waals surface area (Å²) in [5.41, 5.74) is 0.703. The SMILES string of the molecule is COC(=O)C1(C(=O)OC)C[C@H](c2ccccc2)N(Cc2ccccc2)[C@@H]1c1cccs1. The van der Waals surface area contributed by atoms with Gasteiger partial charge in [0.1, 0.15) is 0 Å². The average Bonchev–Trinajstić information content (AvgIpc) is 3.46. The van der Waals surface area contributed by atoms with Crippen LogP contribution in [0.5, 0.6) is 0 Å². The molecule has 1 aliphatic rings. The number of benzene rings is 2. The van der Waals surface area contributed by atoms with Gasteiger partial charge in [-0.25, -0.2) is 0 Å². The van der Waals surface area contributed by atoms with E-state index in [1.54, 1.807) is 0 Å². The Hall–Kier alpha value is -2.96. The number of carbonyl (C=O) groups is 2. The Balaban J connectivity index is 1.91. The standard InChI is InChI=1S/C25H25NO4S/c1-29-23(27)25(24(28)30-2)16-20(19-12-7-4-8-13-19)26(17-18-10-5-3-6-11-18)22(25)21-14-9-15-31-21/h3-15,20,22H,16-17H2,1-2H3/t20-,22-/m1/s1. The van der Waals surface area contributed by atoms with E-state index in [-0.39, 0.29) is 12.5 Å². The number of hydrogen-bond acceptors (Lipinski definition) is 6. The Morgan fingerprint density at radius 1 is 0.935 bits per heavy atom. The Labute approximate surface area is 186 Å². The van der Waals surface area contributed by atoms with E-state index in [9.17, 15) is 9.59 Å². The highest BCUT2D eigenvalue weighted by molar-refractivity contribution is 7.10. The van der Waals surface area contributed by atoms with Crippen LogP contribution in [0.15, 0.2) is 78.2 Å². The van der Waals surface area contributed by atoms with Crippen molar-refractivity contribution in [2.75, 3.05) is 14.2 Å². The number of esters is 2. The molecule has 1 aliphatic heterocycles. The highest BCUT2D eigenvalue weighted by Crippen LogP contribution is 2.58. The molecule has 31 heavy (non-hydrogen) atoms. The number of methoxy groups -OCH3 is 2. The van der Waals surface area contributed by atoms with Crippen molar-refractivity contribution < 1.29 is 19.1 Å². The fourth-order valence-corrected chi connectivity index (χ4v) is 5.60. The van der Waals surface area contributed by atoms with Gasteiger partial charge in [-0.15, -0.1) is 11.3 Å². The maximum atomic E-state index is 13.3.